The summed E-state index contributed by atoms with van der Waals surface area (Å²) in [6, 6.07) is 0. The summed E-state index contributed by atoms with van der Waals surface area (Å²) in [7, 11) is 3.29. The molecular weight excluding hydrogens is 397 g/mol. The van der Waals surface area contributed by atoms with Crippen molar-refractivity contribution in [1.82, 2.24) is 19.7 Å². The molecule has 1 saturated heterocycles. The number of aliphatic hydroxyl groups is 1. The summed E-state index contributed by atoms with van der Waals surface area (Å²) in [4.78, 5) is 32.8. The lowest BCUT2D eigenvalue weighted by Gasteiger charge is -2.30. The predicted octanol–water partition coefficient (Wildman–Crippen LogP) is 1.21. The summed E-state index contributed by atoms with van der Waals surface area (Å²) in [5, 5.41) is 11.2. The quantitative estimate of drug-likeness (QED) is 0.772. The van der Waals surface area contributed by atoms with E-state index in [1.807, 2.05) is 4.90 Å². The number of rotatable bonds is 5. The number of hydrogen-bond donors (Lipinski definition) is 1. The van der Waals surface area contributed by atoms with Crippen LogP contribution in [0.15, 0.2) is 5.38 Å². The number of hydrogen-bond acceptors (Lipinski definition) is 6. The van der Waals surface area contributed by atoms with Crippen LogP contribution in [0.5, 0.6) is 0 Å². The molecule has 1 atom stereocenters. The summed E-state index contributed by atoms with van der Waals surface area (Å²) < 4.78 is 40.8. The summed E-state index contributed by atoms with van der Waals surface area (Å²) in [6.45, 7) is 3.14. The minimum absolute atomic E-state index is 0.0784. The molecule has 2 rings (SSSR count). The topological polar surface area (TPSA) is 77.0 Å². The van der Waals surface area contributed by atoms with Crippen molar-refractivity contribution in [2.75, 3.05) is 46.8 Å². The first kappa shape index (κ1) is 22.6. The second-order valence-electron chi connectivity index (χ2n) is 7.13. The highest BCUT2D eigenvalue weighted by Crippen LogP contribution is 2.43. The number of carbonyl (C=O) groups excluding carboxylic acids is 2. The molecule has 1 unspecified atom stereocenters. The van der Waals surface area contributed by atoms with Gasteiger partial charge < -0.3 is 14.9 Å². The number of aryl methyl sites for hydroxylation is 1. The highest BCUT2D eigenvalue weighted by atomic mass is 32.1. The van der Waals surface area contributed by atoms with E-state index in [1.165, 1.54) is 22.1 Å². The molecule has 28 heavy (non-hydrogen) atoms. The van der Waals surface area contributed by atoms with Crippen molar-refractivity contribution in [2.45, 2.75) is 31.5 Å². The van der Waals surface area contributed by atoms with Gasteiger partial charge in [-0.3, -0.25) is 14.5 Å². The molecule has 2 heterocycles. The fourth-order valence-electron chi connectivity index (χ4n) is 2.88. The predicted molar refractivity (Wildman–Crippen MR) is 97.8 cm³/mol. The minimum Gasteiger partial charge on any atom is -0.374 e. The summed E-state index contributed by atoms with van der Waals surface area (Å²) in [5.74, 6) is -0.862. The number of carbonyl (C=O) groups is 2. The van der Waals surface area contributed by atoms with Gasteiger partial charge in [0.15, 0.2) is 0 Å². The van der Waals surface area contributed by atoms with Crippen LogP contribution in [0.3, 0.4) is 0 Å². The van der Waals surface area contributed by atoms with Crippen LogP contribution in [0.2, 0.25) is 0 Å². The summed E-state index contributed by atoms with van der Waals surface area (Å²) in [6.07, 6.45) is -5.60. The molecule has 1 aromatic rings. The molecule has 158 valence electrons. The highest BCUT2D eigenvalue weighted by molar-refractivity contribution is 7.09. The Kier molecular flexibility index (Phi) is 7.05. The Morgan fingerprint density at radius 2 is 1.93 bits per heavy atom. The van der Waals surface area contributed by atoms with Crippen molar-refractivity contribution >= 4 is 23.2 Å². The molecule has 1 aliphatic heterocycles. The first-order valence-corrected chi connectivity index (χ1v) is 9.74. The molecule has 0 aliphatic carbocycles. The van der Waals surface area contributed by atoms with Gasteiger partial charge in [-0.1, -0.05) is 0 Å². The molecule has 0 saturated carbocycles. The van der Waals surface area contributed by atoms with Crippen LogP contribution >= 0.6 is 11.3 Å². The number of halogens is 3. The molecule has 1 N–H and O–H groups in total. The van der Waals surface area contributed by atoms with Gasteiger partial charge in [0.25, 0.3) is 0 Å². The van der Waals surface area contributed by atoms with Gasteiger partial charge in [0.05, 0.1) is 13.0 Å². The van der Waals surface area contributed by atoms with E-state index in [-0.39, 0.29) is 25.5 Å². The van der Waals surface area contributed by atoms with Crippen molar-refractivity contribution in [1.29, 1.82) is 0 Å². The van der Waals surface area contributed by atoms with E-state index in [2.05, 4.69) is 4.98 Å². The van der Waals surface area contributed by atoms with E-state index in [0.29, 0.717) is 36.5 Å². The Morgan fingerprint density at radius 1 is 1.25 bits per heavy atom. The maximum atomic E-state index is 13.6. The van der Waals surface area contributed by atoms with Crippen LogP contribution in [-0.2, 0) is 15.2 Å². The van der Waals surface area contributed by atoms with Crippen LogP contribution in [-0.4, -0.2) is 89.6 Å². The first-order valence-electron chi connectivity index (χ1n) is 8.86. The maximum absolute atomic E-state index is 13.6. The zero-order chi connectivity index (χ0) is 21.1. The van der Waals surface area contributed by atoms with Crippen molar-refractivity contribution < 1.29 is 27.9 Å². The third-order valence-electron chi connectivity index (χ3n) is 4.65. The molecule has 11 heteroatoms. The third-order valence-corrected chi connectivity index (χ3v) is 5.76. The van der Waals surface area contributed by atoms with E-state index in [9.17, 15) is 27.9 Å². The lowest BCUT2D eigenvalue weighted by molar-refractivity contribution is -0.268. The number of likely N-dealkylation sites (N-methyl/N-ethyl adjacent to an activating group) is 1. The number of nitrogens with zero attached hydrogens (tertiary/aromatic N) is 4. The van der Waals surface area contributed by atoms with E-state index in [1.54, 1.807) is 14.1 Å². The SMILES string of the molecule is Cc1csc(C(O)(CC(=O)N2CCCN(CC(=O)N(C)C)CC2)C(F)(F)F)n1. The molecule has 1 aromatic heterocycles. The van der Waals surface area contributed by atoms with Gasteiger partial charge in [-0.2, -0.15) is 13.2 Å². The Hall–Kier alpha value is -1.72. The molecule has 7 nitrogen and oxygen atoms in total. The fourth-order valence-corrected chi connectivity index (χ4v) is 3.80. The highest BCUT2D eigenvalue weighted by Gasteiger charge is 2.58. The van der Waals surface area contributed by atoms with E-state index in [0.717, 1.165) is 0 Å². The zero-order valence-electron chi connectivity index (χ0n) is 16.1. The fraction of sp³-hybridized carbons (Fsp3) is 0.706. The maximum Gasteiger partial charge on any atom is 0.424 e. The number of alkyl halides is 3. The Labute approximate surface area is 165 Å². The molecular formula is C17H25F3N4O3S. The van der Waals surface area contributed by atoms with Crippen LogP contribution < -0.4 is 0 Å². The van der Waals surface area contributed by atoms with Gasteiger partial charge in [-0.05, 0) is 13.3 Å². The number of aromatic nitrogens is 1. The Morgan fingerprint density at radius 3 is 2.46 bits per heavy atom. The monoisotopic (exact) mass is 422 g/mol. The van der Waals surface area contributed by atoms with Crippen LogP contribution in [0.25, 0.3) is 0 Å². The zero-order valence-corrected chi connectivity index (χ0v) is 16.9. The van der Waals surface area contributed by atoms with Crippen LogP contribution in [0, 0.1) is 6.92 Å². The molecule has 1 fully saturated rings. The third kappa shape index (κ3) is 5.21. The molecule has 2 amide bonds. The van der Waals surface area contributed by atoms with Crippen LogP contribution in [0.1, 0.15) is 23.5 Å². The van der Waals surface area contributed by atoms with Crippen molar-refractivity contribution in [2.24, 2.45) is 0 Å². The number of amides is 2. The molecule has 0 bridgehead atoms. The van der Waals surface area contributed by atoms with E-state index < -0.39 is 29.1 Å². The van der Waals surface area contributed by atoms with Crippen molar-refractivity contribution in [3.8, 4) is 0 Å². The second-order valence-corrected chi connectivity index (χ2v) is 7.99. The second kappa shape index (κ2) is 8.75. The molecule has 0 aromatic carbocycles. The van der Waals surface area contributed by atoms with Crippen molar-refractivity contribution in [3.05, 3.63) is 16.1 Å². The van der Waals surface area contributed by atoms with Gasteiger partial charge in [-0.15, -0.1) is 11.3 Å². The van der Waals surface area contributed by atoms with Crippen LogP contribution in [0.4, 0.5) is 13.2 Å². The molecule has 0 spiro atoms. The molecule has 0 radical (unpaired) electrons. The van der Waals surface area contributed by atoms with Gasteiger partial charge in [-0.25, -0.2) is 4.98 Å². The van der Waals surface area contributed by atoms with Crippen molar-refractivity contribution in [3.63, 3.8) is 0 Å². The van der Waals surface area contributed by atoms with Gasteiger partial charge >= 0.3 is 6.18 Å². The minimum atomic E-state index is -5.02. The lowest BCUT2D eigenvalue weighted by Crippen LogP contribution is -2.47. The number of thiazole rings is 1. The lowest BCUT2D eigenvalue weighted by atomic mass is 9.98. The Balaban J connectivity index is 2.07. The average Bonchev–Trinajstić information content (AvgIpc) is 2.89. The first-order chi connectivity index (χ1) is 12.9. The summed E-state index contributed by atoms with van der Waals surface area (Å²) in [5.41, 5.74) is -2.96. The van der Waals surface area contributed by atoms with Gasteiger partial charge in [0.2, 0.25) is 17.4 Å². The van der Waals surface area contributed by atoms with Gasteiger partial charge in [0.1, 0.15) is 5.01 Å². The standard InChI is InChI=1S/C17H25F3N4O3S/c1-12-11-28-15(21-12)16(27,17(18,19)20)9-13(25)24-6-4-5-23(7-8-24)10-14(26)22(2)3/h11,27H,4-10H2,1-3H3. The average molecular weight is 422 g/mol. The summed E-state index contributed by atoms with van der Waals surface area (Å²) >= 11 is 0.684. The largest absolute Gasteiger partial charge is 0.424 e. The smallest absolute Gasteiger partial charge is 0.374 e. The normalized spacial score (nSPS) is 18.5. The van der Waals surface area contributed by atoms with E-state index in [4.69, 9.17) is 0 Å². The Bertz CT molecular complexity index is 710. The van der Waals surface area contributed by atoms with Gasteiger partial charge in [0, 0.05) is 51.3 Å². The molecule has 1 aliphatic rings. The van der Waals surface area contributed by atoms with E-state index >= 15 is 0 Å².